The fourth-order valence-electron chi connectivity index (χ4n) is 2.25. The molecule has 0 aliphatic heterocycles. The molecule has 1 aromatic carbocycles. The first-order valence-corrected chi connectivity index (χ1v) is 9.59. The van der Waals surface area contributed by atoms with Gasteiger partial charge >= 0.3 is 0 Å². The summed E-state index contributed by atoms with van der Waals surface area (Å²) in [7, 11) is 0. The van der Waals surface area contributed by atoms with Crippen molar-refractivity contribution >= 4 is 46.2 Å². The molecule has 0 aliphatic rings. The van der Waals surface area contributed by atoms with Gasteiger partial charge in [-0.25, -0.2) is 4.98 Å². The summed E-state index contributed by atoms with van der Waals surface area (Å²) in [6, 6.07) is 6.80. The summed E-state index contributed by atoms with van der Waals surface area (Å²) in [5, 5.41) is 12.7. The molecule has 0 unspecified atom stereocenters. The van der Waals surface area contributed by atoms with Crippen LogP contribution in [0.15, 0.2) is 42.3 Å². The highest BCUT2D eigenvalue weighted by Crippen LogP contribution is 2.18. The fraction of sp³-hybridized carbons (Fsp3) is 0.176. The number of ether oxygens (including phenoxy) is 1. The number of thiazole rings is 1. The first-order chi connectivity index (χ1) is 13.0. The number of hydrogen-bond donors (Lipinski definition) is 2. The molecule has 0 saturated heterocycles. The Bertz CT molecular complexity index is 993. The van der Waals surface area contributed by atoms with E-state index in [0.717, 1.165) is 11.5 Å². The van der Waals surface area contributed by atoms with Crippen molar-refractivity contribution < 1.29 is 9.53 Å². The van der Waals surface area contributed by atoms with E-state index in [1.165, 1.54) is 11.3 Å². The highest BCUT2D eigenvalue weighted by Gasteiger charge is 2.11. The molecular weight excluding hydrogens is 406 g/mol. The van der Waals surface area contributed by atoms with Crippen LogP contribution < -0.4 is 10.1 Å². The molecule has 0 radical (unpaired) electrons. The van der Waals surface area contributed by atoms with E-state index in [1.807, 2.05) is 9.95 Å². The fourth-order valence-corrected chi connectivity index (χ4v) is 3.32. The van der Waals surface area contributed by atoms with Crippen molar-refractivity contribution in [3.05, 3.63) is 63.6 Å². The molecule has 3 rings (SSSR count). The number of rotatable bonds is 8. The lowest BCUT2D eigenvalue weighted by atomic mass is 10.3. The molecular formula is C17H16ClN5O2S2. The van der Waals surface area contributed by atoms with Gasteiger partial charge in [0.15, 0.2) is 16.5 Å². The van der Waals surface area contributed by atoms with Crippen molar-refractivity contribution in [1.82, 2.24) is 19.7 Å². The van der Waals surface area contributed by atoms with Crippen LogP contribution in [0.25, 0.3) is 0 Å². The van der Waals surface area contributed by atoms with Gasteiger partial charge in [0.05, 0.1) is 12.1 Å². The van der Waals surface area contributed by atoms with Crippen LogP contribution in [0.2, 0.25) is 5.02 Å². The minimum Gasteiger partial charge on any atom is -0.484 e. The van der Waals surface area contributed by atoms with Gasteiger partial charge in [-0.05, 0) is 36.5 Å². The topological polar surface area (TPSA) is 84.8 Å². The van der Waals surface area contributed by atoms with Crippen LogP contribution in [-0.4, -0.2) is 32.3 Å². The summed E-state index contributed by atoms with van der Waals surface area (Å²) in [5.41, 5.74) is 0.785. The molecule has 0 atom stereocenters. The maximum Gasteiger partial charge on any atom is 0.264 e. The standard InChI is InChI=1S/C17H16ClN5O2S2/c1-2-7-23-14(21-22-17(23)26)8-12-10-27-16(19-12)20-15(24)9-25-13-5-3-11(18)4-6-13/h2-6,10H,1,7-9H2,(H,22,26)(H,19,20,24). The second-order valence-corrected chi connectivity index (χ2v) is 7.14. The van der Waals surface area contributed by atoms with Crippen LogP contribution in [-0.2, 0) is 17.8 Å². The van der Waals surface area contributed by atoms with Crippen molar-refractivity contribution in [3.8, 4) is 5.75 Å². The number of anilines is 1. The van der Waals surface area contributed by atoms with Gasteiger partial charge in [0, 0.05) is 16.9 Å². The zero-order chi connectivity index (χ0) is 19.2. The number of aromatic amines is 1. The lowest BCUT2D eigenvalue weighted by molar-refractivity contribution is -0.118. The van der Waals surface area contributed by atoms with E-state index in [0.29, 0.717) is 33.6 Å². The minimum absolute atomic E-state index is 0.117. The maximum atomic E-state index is 12.0. The lowest BCUT2D eigenvalue weighted by Gasteiger charge is -2.05. The van der Waals surface area contributed by atoms with E-state index >= 15 is 0 Å². The third kappa shape index (κ3) is 5.25. The zero-order valence-corrected chi connectivity index (χ0v) is 16.5. The number of carbonyl (C=O) groups is 1. The van der Waals surface area contributed by atoms with E-state index in [4.69, 9.17) is 28.6 Å². The molecule has 27 heavy (non-hydrogen) atoms. The molecule has 3 aromatic rings. The van der Waals surface area contributed by atoms with Crippen molar-refractivity contribution in [3.63, 3.8) is 0 Å². The van der Waals surface area contributed by atoms with Gasteiger partial charge in [0.1, 0.15) is 11.6 Å². The molecule has 0 bridgehead atoms. The van der Waals surface area contributed by atoms with Gasteiger partial charge in [-0.2, -0.15) is 5.10 Å². The molecule has 10 heteroatoms. The number of H-pyrrole nitrogens is 1. The average molecular weight is 422 g/mol. The Morgan fingerprint density at radius 3 is 2.96 bits per heavy atom. The number of hydrogen-bond acceptors (Lipinski definition) is 6. The molecule has 0 aliphatic carbocycles. The monoisotopic (exact) mass is 421 g/mol. The summed E-state index contributed by atoms with van der Waals surface area (Å²) in [6.45, 7) is 4.17. The zero-order valence-electron chi connectivity index (χ0n) is 14.1. The maximum absolute atomic E-state index is 12.0. The van der Waals surface area contributed by atoms with Gasteiger partial charge in [-0.1, -0.05) is 17.7 Å². The average Bonchev–Trinajstić information content (AvgIpc) is 3.23. The molecule has 2 aromatic heterocycles. The van der Waals surface area contributed by atoms with Crippen LogP contribution in [0.4, 0.5) is 5.13 Å². The molecule has 1 amide bonds. The summed E-state index contributed by atoms with van der Waals surface area (Å²) < 4.78 is 7.79. The lowest BCUT2D eigenvalue weighted by Crippen LogP contribution is -2.20. The Kier molecular flexibility index (Phi) is 6.38. The summed E-state index contributed by atoms with van der Waals surface area (Å²) in [6.07, 6.45) is 2.25. The highest BCUT2D eigenvalue weighted by atomic mass is 35.5. The third-order valence-corrected chi connectivity index (χ3v) is 4.84. The molecule has 7 nitrogen and oxygen atoms in total. The number of carbonyl (C=O) groups excluding carboxylic acids is 1. The minimum atomic E-state index is -0.291. The smallest absolute Gasteiger partial charge is 0.264 e. The summed E-state index contributed by atoms with van der Waals surface area (Å²) in [4.78, 5) is 16.4. The number of halogens is 1. The molecule has 140 valence electrons. The predicted octanol–water partition coefficient (Wildman–Crippen LogP) is 3.84. The van der Waals surface area contributed by atoms with Gasteiger partial charge < -0.3 is 4.74 Å². The second kappa shape index (κ2) is 8.94. The van der Waals surface area contributed by atoms with Gasteiger partial charge in [-0.15, -0.1) is 17.9 Å². The Morgan fingerprint density at radius 1 is 1.44 bits per heavy atom. The predicted molar refractivity (Wildman–Crippen MR) is 108 cm³/mol. The molecule has 0 saturated carbocycles. The van der Waals surface area contributed by atoms with Crippen molar-refractivity contribution in [2.24, 2.45) is 0 Å². The Labute approximate surface area is 169 Å². The van der Waals surface area contributed by atoms with Crippen molar-refractivity contribution in [1.29, 1.82) is 0 Å². The quantitative estimate of drug-likeness (QED) is 0.426. The van der Waals surface area contributed by atoms with Crippen LogP contribution in [0.3, 0.4) is 0 Å². The third-order valence-electron chi connectivity index (χ3n) is 3.47. The largest absolute Gasteiger partial charge is 0.484 e. The van der Waals surface area contributed by atoms with Crippen LogP contribution >= 0.6 is 35.2 Å². The van der Waals surface area contributed by atoms with E-state index in [-0.39, 0.29) is 12.5 Å². The Morgan fingerprint density at radius 2 is 2.22 bits per heavy atom. The van der Waals surface area contributed by atoms with E-state index in [9.17, 15) is 4.79 Å². The Balaban J connectivity index is 1.56. The SMILES string of the molecule is C=CCn1c(Cc2csc(NC(=O)COc3ccc(Cl)cc3)n2)n[nH]c1=S. The van der Waals surface area contributed by atoms with Crippen molar-refractivity contribution in [2.45, 2.75) is 13.0 Å². The number of benzene rings is 1. The van der Waals surface area contributed by atoms with Gasteiger partial charge in [0.25, 0.3) is 5.91 Å². The number of aromatic nitrogens is 4. The molecule has 2 N–H and O–H groups in total. The van der Waals surface area contributed by atoms with E-state index in [2.05, 4.69) is 27.1 Å². The van der Waals surface area contributed by atoms with Crippen LogP contribution in [0.5, 0.6) is 5.75 Å². The highest BCUT2D eigenvalue weighted by molar-refractivity contribution is 7.71. The molecule has 0 fully saturated rings. The first-order valence-electron chi connectivity index (χ1n) is 7.92. The first kappa shape index (κ1) is 19.3. The Hall–Kier alpha value is -2.49. The van der Waals surface area contributed by atoms with Gasteiger partial charge in [0.2, 0.25) is 0 Å². The normalized spacial score (nSPS) is 10.6. The number of nitrogens with zero attached hydrogens (tertiary/aromatic N) is 3. The van der Waals surface area contributed by atoms with Crippen molar-refractivity contribution in [2.75, 3.05) is 11.9 Å². The van der Waals surface area contributed by atoms with Crippen LogP contribution in [0.1, 0.15) is 11.5 Å². The summed E-state index contributed by atoms with van der Waals surface area (Å²) >= 11 is 12.3. The number of amides is 1. The van der Waals surface area contributed by atoms with E-state index in [1.54, 1.807) is 30.3 Å². The number of allylic oxidation sites excluding steroid dienone is 1. The second-order valence-electron chi connectivity index (χ2n) is 5.46. The van der Waals surface area contributed by atoms with E-state index < -0.39 is 0 Å². The summed E-state index contributed by atoms with van der Waals surface area (Å²) in [5.74, 6) is 1.04. The van der Waals surface area contributed by atoms with Gasteiger partial charge in [-0.3, -0.25) is 19.8 Å². The van der Waals surface area contributed by atoms with Crippen LogP contribution in [0, 0.1) is 4.77 Å². The molecule has 2 heterocycles. The number of nitrogens with one attached hydrogen (secondary N) is 2. The molecule has 0 spiro atoms.